The van der Waals surface area contributed by atoms with Crippen LogP contribution in [0.4, 0.5) is 0 Å². The summed E-state index contributed by atoms with van der Waals surface area (Å²) < 4.78 is 11.1. The second-order valence-corrected chi connectivity index (χ2v) is 7.23. The zero-order chi connectivity index (χ0) is 19.5. The predicted molar refractivity (Wildman–Crippen MR) is 105 cm³/mol. The van der Waals surface area contributed by atoms with Gasteiger partial charge in [0.15, 0.2) is 5.82 Å². The van der Waals surface area contributed by atoms with Gasteiger partial charge in [-0.3, -0.25) is 4.79 Å². The molecule has 1 atom stereocenters. The maximum Gasteiger partial charge on any atom is 0.273 e. The van der Waals surface area contributed by atoms with Gasteiger partial charge in [-0.05, 0) is 44.0 Å². The van der Waals surface area contributed by atoms with E-state index in [9.17, 15) is 4.79 Å². The Bertz CT molecular complexity index is 960. The zero-order valence-corrected chi connectivity index (χ0v) is 16.5. The minimum absolute atomic E-state index is 0.0773. The minimum Gasteiger partial charge on any atom is -0.497 e. The van der Waals surface area contributed by atoms with E-state index >= 15 is 0 Å². The maximum atomic E-state index is 12.8. The average Bonchev–Trinajstić information content (AvgIpc) is 3.40. The van der Waals surface area contributed by atoms with Crippen LogP contribution in [0.3, 0.4) is 0 Å². The highest BCUT2D eigenvalue weighted by molar-refractivity contribution is 7.07. The van der Waals surface area contributed by atoms with Gasteiger partial charge < -0.3 is 14.4 Å². The molecule has 144 valence electrons. The molecule has 1 unspecified atom stereocenters. The van der Waals surface area contributed by atoms with E-state index in [4.69, 9.17) is 9.47 Å². The molecule has 1 aromatic carbocycles. The summed E-state index contributed by atoms with van der Waals surface area (Å²) in [5.74, 6) is 2.40. The summed E-state index contributed by atoms with van der Waals surface area (Å²) in [7, 11) is 1.62. The van der Waals surface area contributed by atoms with Crippen LogP contribution in [-0.2, 0) is 0 Å². The molecule has 0 aliphatic carbocycles. The summed E-state index contributed by atoms with van der Waals surface area (Å²) in [5, 5.41) is 1.77. The molecule has 1 aliphatic heterocycles. The van der Waals surface area contributed by atoms with Gasteiger partial charge in [0.1, 0.15) is 17.2 Å². The van der Waals surface area contributed by atoms with E-state index < -0.39 is 0 Å². The van der Waals surface area contributed by atoms with E-state index in [2.05, 4.69) is 15.0 Å². The Morgan fingerprint density at radius 3 is 2.71 bits per heavy atom. The normalized spacial score (nSPS) is 16.2. The van der Waals surface area contributed by atoms with Crippen LogP contribution in [0.2, 0.25) is 0 Å². The molecule has 4 rings (SSSR count). The third kappa shape index (κ3) is 3.82. The van der Waals surface area contributed by atoms with E-state index in [1.807, 2.05) is 31.2 Å². The Labute approximate surface area is 167 Å². The maximum absolute atomic E-state index is 12.8. The molecule has 1 fully saturated rings. The number of ether oxygens (including phenoxy) is 2. The number of aryl methyl sites for hydroxylation is 1. The van der Waals surface area contributed by atoms with Gasteiger partial charge in [0.05, 0.1) is 18.7 Å². The van der Waals surface area contributed by atoms with Crippen molar-refractivity contribution in [3.63, 3.8) is 0 Å². The lowest BCUT2D eigenvalue weighted by Crippen LogP contribution is -2.31. The van der Waals surface area contributed by atoms with Crippen LogP contribution >= 0.6 is 11.3 Å². The van der Waals surface area contributed by atoms with Crippen LogP contribution in [-0.4, -0.2) is 39.4 Å². The topological polar surface area (TPSA) is 77.4 Å². The first kappa shape index (κ1) is 18.4. The third-order valence-electron chi connectivity index (χ3n) is 4.59. The summed E-state index contributed by atoms with van der Waals surface area (Å²) >= 11 is 1.41. The number of hydrogen-bond donors (Lipinski definition) is 0. The third-order valence-corrected chi connectivity index (χ3v) is 5.18. The first-order valence-electron chi connectivity index (χ1n) is 9.00. The van der Waals surface area contributed by atoms with Crippen molar-refractivity contribution in [3.8, 4) is 17.4 Å². The SMILES string of the molecule is COc1ccc(Oc2cc(C)nc(C3CCCN3C(=O)c3cscn3)n2)cc1. The van der Waals surface area contributed by atoms with Gasteiger partial charge in [-0.1, -0.05) is 0 Å². The molecule has 3 heterocycles. The minimum atomic E-state index is -0.174. The highest BCUT2D eigenvalue weighted by atomic mass is 32.1. The highest BCUT2D eigenvalue weighted by Gasteiger charge is 2.33. The molecule has 0 spiro atoms. The molecule has 1 saturated heterocycles. The molecule has 0 saturated carbocycles. The molecular formula is C20H20N4O3S. The Morgan fingerprint density at radius 1 is 1.21 bits per heavy atom. The molecule has 0 bridgehead atoms. The number of likely N-dealkylation sites (tertiary alicyclic amines) is 1. The van der Waals surface area contributed by atoms with Crippen molar-refractivity contribution >= 4 is 17.2 Å². The number of benzene rings is 1. The molecule has 7 nitrogen and oxygen atoms in total. The molecule has 28 heavy (non-hydrogen) atoms. The summed E-state index contributed by atoms with van der Waals surface area (Å²) in [6.45, 7) is 2.57. The Kier molecular flexibility index (Phi) is 5.21. The van der Waals surface area contributed by atoms with Gasteiger partial charge in [-0.15, -0.1) is 11.3 Å². The average molecular weight is 396 g/mol. The van der Waals surface area contributed by atoms with Gasteiger partial charge in [0, 0.05) is 23.7 Å². The Hall–Kier alpha value is -3.00. The van der Waals surface area contributed by atoms with Crippen molar-refractivity contribution in [1.82, 2.24) is 19.9 Å². The second kappa shape index (κ2) is 7.93. The zero-order valence-electron chi connectivity index (χ0n) is 15.7. The lowest BCUT2D eigenvalue weighted by atomic mass is 10.2. The van der Waals surface area contributed by atoms with E-state index in [1.165, 1.54) is 11.3 Å². The quantitative estimate of drug-likeness (QED) is 0.648. The first-order chi connectivity index (χ1) is 13.6. The fourth-order valence-corrected chi connectivity index (χ4v) is 3.80. The lowest BCUT2D eigenvalue weighted by Gasteiger charge is -2.23. The molecule has 0 radical (unpaired) electrons. The summed E-state index contributed by atoms with van der Waals surface area (Å²) in [5.41, 5.74) is 2.93. The number of carbonyl (C=O) groups excluding carboxylic acids is 1. The van der Waals surface area contributed by atoms with Crippen LogP contribution in [0.1, 0.15) is 40.9 Å². The van der Waals surface area contributed by atoms with E-state index in [1.54, 1.807) is 29.0 Å². The first-order valence-corrected chi connectivity index (χ1v) is 9.95. The predicted octanol–water partition coefficient (Wildman–Crippen LogP) is 4.02. The molecule has 1 aliphatic rings. The van der Waals surface area contributed by atoms with Gasteiger partial charge >= 0.3 is 0 Å². The molecule has 2 aromatic heterocycles. The largest absolute Gasteiger partial charge is 0.497 e. The summed E-state index contributed by atoms with van der Waals surface area (Å²) in [6, 6.07) is 8.92. The van der Waals surface area contributed by atoms with Crippen LogP contribution in [0.5, 0.6) is 17.4 Å². The number of carbonyl (C=O) groups is 1. The van der Waals surface area contributed by atoms with E-state index in [0.717, 1.165) is 24.3 Å². The molecule has 8 heteroatoms. The van der Waals surface area contributed by atoms with Crippen LogP contribution in [0, 0.1) is 6.92 Å². The van der Waals surface area contributed by atoms with Crippen molar-refractivity contribution in [2.45, 2.75) is 25.8 Å². The fraction of sp³-hybridized carbons (Fsp3) is 0.300. The van der Waals surface area contributed by atoms with Gasteiger partial charge in [-0.25, -0.2) is 9.97 Å². The van der Waals surface area contributed by atoms with Gasteiger partial charge in [0.2, 0.25) is 5.88 Å². The highest BCUT2D eigenvalue weighted by Crippen LogP contribution is 2.33. The number of hydrogen-bond acceptors (Lipinski definition) is 7. The van der Waals surface area contributed by atoms with Crippen LogP contribution < -0.4 is 9.47 Å². The van der Waals surface area contributed by atoms with Crippen molar-refractivity contribution in [3.05, 3.63) is 58.4 Å². The Balaban J connectivity index is 1.58. The van der Waals surface area contributed by atoms with Crippen molar-refractivity contribution in [1.29, 1.82) is 0 Å². The van der Waals surface area contributed by atoms with Crippen LogP contribution in [0.25, 0.3) is 0 Å². The number of rotatable bonds is 5. The summed E-state index contributed by atoms with van der Waals surface area (Å²) in [6.07, 6.45) is 1.73. The van der Waals surface area contributed by atoms with E-state index in [0.29, 0.717) is 29.7 Å². The van der Waals surface area contributed by atoms with Gasteiger partial charge in [-0.2, -0.15) is 4.98 Å². The molecule has 0 N–H and O–H groups in total. The van der Waals surface area contributed by atoms with Crippen molar-refractivity contribution in [2.24, 2.45) is 0 Å². The van der Waals surface area contributed by atoms with E-state index in [-0.39, 0.29) is 11.9 Å². The lowest BCUT2D eigenvalue weighted by molar-refractivity contribution is 0.0724. The van der Waals surface area contributed by atoms with Crippen molar-refractivity contribution < 1.29 is 14.3 Å². The molecular weight excluding hydrogens is 376 g/mol. The second-order valence-electron chi connectivity index (χ2n) is 6.51. The van der Waals surface area contributed by atoms with Crippen LogP contribution in [0.15, 0.2) is 41.2 Å². The number of aromatic nitrogens is 3. The van der Waals surface area contributed by atoms with Gasteiger partial charge in [0.25, 0.3) is 5.91 Å². The number of thiazole rings is 1. The number of methoxy groups -OCH3 is 1. The summed E-state index contributed by atoms with van der Waals surface area (Å²) in [4.78, 5) is 27.9. The van der Waals surface area contributed by atoms with Crippen molar-refractivity contribution in [2.75, 3.05) is 13.7 Å². The smallest absolute Gasteiger partial charge is 0.273 e. The Morgan fingerprint density at radius 2 is 2.00 bits per heavy atom. The number of nitrogens with zero attached hydrogens (tertiary/aromatic N) is 4. The number of amides is 1. The standard InChI is InChI=1S/C20H20N4O3S/c1-13-10-18(27-15-7-5-14(26-2)6-8-15)23-19(22-13)17-4-3-9-24(17)20(25)16-11-28-12-21-16/h5-8,10-12,17H,3-4,9H2,1-2H3. The molecule has 1 amide bonds. The monoisotopic (exact) mass is 396 g/mol. The molecule has 3 aromatic rings. The fourth-order valence-electron chi connectivity index (χ4n) is 3.27.